The van der Waals surface area contributed by atoms with Crippen molar-refractivity contribution in [1.29, 1.82) is 0 Å². The van der Waals surface area contributed by atoms with E-state index >= 15 is 0 Å². The fourth-order valence-corrected chi connectivity index (χ4v) is 3.51. The summed E-state index contributed by atoms with van der Waals surface area (Å²) in [5, 5.41) is 0. The maximum absolute atomic E-state index is 11.5. The molecule has 1 aromatic carbocycles. The van der Waals surface area contributed by atoms with E-state index in [1.165, 1.54) is 28.0 Å². The molecular formula is C16H19NOS. The maximum Gasteiger partial charge on any atom is 0.259 e. The number of carbonyl (C=O) groups excluding carboxylic acids is 1. The summed E-state index contributed by atoms with van der Waals surface area (Å²) in [7, 11) is 0. The van der Waals surface area contributed by atoms with Crippen molar-refractivity contribution in [2.75, 3.05) is 0 Å². The van der Waals surface area contributed by atoms with Crippen LogP contribution in [0.1, 0.15) is 46.1 Å². The van der Waals surface area contributed by atoms with Gasteiger partial charge in [-0.3, -0.25) is 4.79 Å². The van der Waals surface area contributed by atoms with Crippen molar-refractivity contribution in [2.24, 2.45) is 5.73 Å². The molecule has 0 bridgehead atoms. The second-order valence-electron chi connectivity index (χ2n) is 5.23. The normalized spacial score (nSPS) is 11.0. The Balaban J connectivity index is 2.57. The van der Waals surface area contributed by atoms with Crippen LogP contribution < -0.4 is 5.73 Å². The van der Waals surface area contributed by atoms with Gasteiger partial charge in [-0.2, -0.15) is 0 Å². The third kappa shape index (κ3) is 2.71. The zero-order valence-corrected chi connectivity index (χ0v) is 12.6. The summed E-state index contributed by atoms with van der Waals surface area (Å²) < 4.78 is 0. The highest BCUT2D eigenvalue weighted by Crippen LogP contribution is 2.36. The van der Waals surface area contributed by atoms with Crippen LogP contribution in [0.4, 0.5) is 0 Å². The predicted molar refractivity (Wildman–Crippen MR) is 81.8 cm³/mol. The van der Waals surface area contributed by atoms with E-state index in [4.69, 9.17) is 5.73 Å². The van der Waals surface area contributed by atoms with Crippen molar-refractivity contribution in [3.8, 4) is 10.4 Å². The molecule has 1 aromatic heterocycles. The standard InChI is InChI=1S/C16H19NOS/c1-9(2)13-8-14(19-15(13)16(17)18)12-6-5-10(3)7-11(12)4/h5-9H,1-4H3,(H2,17,18). The summed E-state index contributed by atoms with van der Waals surface area (Å²) in [4.78, 5) is 13.3. The van der Waals surface area contributed by atoms with Crippen LogP contribution in [0.15, 0.2) is 24.3 Å². The molecule has 19 heavy (non-hydrogen) atoms. The number of amides is 1. The van der Waals surface area contributed by atoms with Gasteiger partial charge in [-0.15, -0.1) is 11.3 Å². The monoisotopic (exact) mass is 273 g/mol. The molecule has 0 aliphatic rings. The van der Waals surface area contributed by atoms with Gasteiger partial charge in [-0.05, 0) is 42.5 Å². The Hall–Kier alpha value is -1.61. The van der Waals surface area contributed by atoms with Gasteiger partial charge in [0.15, 0.2) is 0 Å². The van der Waals surface area contributed by atoms with Gasteiger partial charge in [-0.1, -0.05) is 37.6 Å². The molecule has 2 rings (SSSR count). The third-order valence-electron chi connectivity index (χ3n) is 3.25. The highest BCUT2D eigenvalue weighted by atomic mass is 32.1. The van der Waals surface area contributed by atoms with Crippen LogP contribution in [0.25, 0.3) is 10.4 Å². The van der Waals surface area contributed by atoms with Crippen LogP contribution in [0, 0.1) is 13.8 Å². The first-order valence-electron chi connectivity index (χ1n) is 6.41. The van der Waals surface area contributed by atoms with Gasteiger partial charge in [0.05, 0.1) is 4.88 Å². The van der Waals surface area contributed by atoms with E-state index in [0.29, 0.717) is 10.8 Å². The lowest BCUT2D eigenvalue weighted by Crippen LogP contribution is -2.11. The minimum atomic E-state index is -0.329. The molecule has 0 saturated heterocycles. The number of carbonyl (C=O) groups is 1. The first-order chi connectivity index (χ1) is 8.90. The quantitative estimate of drug-likeness (QED) is 0.892. The molecule has 0 saturated carbocycles. The molecule has 2 nitrogen and oxygen atoms in total. The third-order valence-corrected chi connectivity index (χ3v) is 4.45. The lowest BCUT2D eigenvalue weighted by atomic mass is 10.0. The Labute approximate surface area is 118 Å². The fourth-order valence-electron chi connectivity index (χ4n) is 2.25. The summed E-state index contributed by atoms with van der Waals surface area (Å²) in [5.41, 5.74) is 10.2. The summed E-state index contributed by atoms with van der Waals surface area (Å²) in [6.45, 7) is 8.35. The Bertz CT molecular complexity index is 626. The molecule has 1 heterocycles. The zero-order chi connectivity index (χ0) is 14.2. The molecule has 0 aliphatic heterocycles. The molecular weight excluding hydrogens is 254 g/mol. The second-order valence-corrected chi connectivity index (χ2v) is 6.28. The highest BCUT2D eigenvalue weighted by molar-refractivity contribution is 7.17. The number of hydrogen-bond donors (Lipinski definition) is 1. The van der Waals surface area contributed by atoms with E-state index in [1.54, 1.807) is 0 Å². The van der Waals surface area contributed by atoms with E-state index in [-0.39, 0.29) is 5.91 Å². The summed E-state index contributed by atoms with van der Waals surface area (Å²) in [6, 6.07) is 8.48. The van der Waals surface area contributed by atoms with Gasteiger partial charge in [0.2, 0.25) is 0 Å². The molecule has 0 atom stereocenters. The summed E-state index contributed by atoms with van der Waals surface area (Å²) >= 11 is 1.49. The van der Waals surface area contributed by atoms with Crippen molar-refractivity contribution in [3.63, 3.8) is 0 Å². The Kier molecular flexibility index (Phi) is 3.76. The first kappa shape index (κ1) is 13.8. The largest absolute Gasteiger partial charge is 0.365 e. The first-order valence-corrected chi connectivity index (χ1v) is 7.23. The minimum Gasteiger partial charge on any atom is -0.365 e. The number of aryl methyl sites for hydroxylation is 2. The average Bonchev–Trinajstić information content (AvgIpc) is 2.73. The molecule has 0 fully saturated rings. The number of rotatable bonds is 3. The number of primary amides is 1. The average molecular weight is 273 g/mol. The van der Waals surface area contributed by atoms with Crippen LogP contribution >= 0.6 is 11.3 Å². The van der Waals surface area contributed by atoms with Gasteiger partial charge in [0, 0.05) is 4.88 Å². The van der Waals surface area contributed by atoms with E-state index in [9.17, 15) is 4.79 Å². The molecule has 2 aromatic rings. The molecule has 0 radical (unpaired) electrons. The Morgan fingerprint density at radius 3 is 2.37 bits per heavy atom. The van der Waals surface area contributed by atoms with Gasteiger partial charge in [0.25, 0.3) is 5.91 Å². The molecule has 100 valence electrons. The number of benzene rings is 1. The second kappa shape index (κ2) is 5.17. The zero-order valence-electron chi connectivity index (χ0n) is 11.8. The van der Waals surface area contributed by atoms with Crippen LogP contribution in [-0.2, 0) is 0 Å². The van der Waals surface area contributed by atoms with E-state index < -0.39 is 0 Å². The van der Waals surface area contributed by atoms with Gasteiger partial charge in [0.1, 0.15) is 0 Å². The van der Waals surface area contributed by atoms with Gasteiger partial charge >= 0.3 is 0 Å². The lowest BCUT2D eigenvalue weighted by molar-refractivity contribution is 0.100. The van der Waals surface area contributed by atoms with Crippen LogP contribution in [0.5, 0.6) is 0 Å². The molecule has 2 N–H and O–H groups in total. The van der Waals surface area contributed by atoms with Gasteiger partial charge < -0.3 is 5.73 Å². The summed E-state index contributed by atoms with van der Waals surface area (Å²) in [6.07, 6.45) is 0. The van der Waals surface area contributed by atoms with E-state index in [1.807, 2.05) is 0 Å². The van der Waals surface area contributed by atoms with E-state index in [0.717, 1.165) is 10.4 Å². The molecule has 1 amide bonds. The van der Waals surface area contributed by atoms with Crippen LogP contribution in [-0.4, -0.2) is 5.91 Å². The predicted octanol–water partition coefficient (Wildman–Crippen LogP) is 4.25. The number of hydrogen-bond acceptors (Lipinski definition) is 2. The van der Waals surface area contributed by atoms with Crippen molar-refractivity contribution in [1.82, 2.24) is 0 Å². The smallest absolute Gasteiger partial charge is 0.259 e. The van der Waals surface area contributed by atoms with Crippen LogP contribution in [0.2, 0.25) is 0 Å². The highest BCUT2D eigenvalue weighted by Gasteiger charge is 2.17. The summed E-state index contributed by atoms with van der Waals surface area (Å²) in [5.74, 6) is -0.0250. The topological polar surface area (TPSA) is 43.1 Å². The molecule has 0 spiro atoms. The molecule has 0 aliphatic carbocycles. The molecule has 0 unspecified atom stereocenters. The number of thiophene rings is 1. The van der Waals surface area contributed by atoms with Crippen molar-refractivity contribution >= 4 is 17.2 Å². The number of nitrogens with two attached hydrogens (primary N) is 1. The van der Waals surface area contributed by atoms with Crippen molar-refractivity contribution in [2.45, 2.75) is 33.6 Å². The fraction of sp³-hybridized carbons (Fsp3) is 0.312. The SMILES string of the molecule is Cc1ccc(-c2cc(C(C)C)c(C(N)=O)s2)c(C)c1. The van der Waals surface area contributed by atoms with E-state index in [2.05, 4.69) is 52.0 Å². The van der Waals surface area contributed by atoms with Crippen LogP contribution in [0.3, 0.4) is 0 Å². The Morgan fingerprint density at radius 1 is 1.21 bits per heavy atom. The van der Waals surface area contributed by atoms with Gasteiger partial charge in [-0.25, -0.2) is 0 Å². The lowest BCUT2D eigenvalue weighted by Gasteiger charge is -2.04. The minimum absolute atomic E-state index is 0.304. The van der Waals surface area contributed by atoms with Crippen molar-refractivity contribution < 1.29 is 4.79 Å². The Morgan fingerprint density at radius 2 is 1.89 bits per heavy atom. The molecule has 3 heteroatoms. The maximum atomic E-state index is 11.5. The van der Waals surface area contributed by atoms with Crippen molar-refractivity contribution in [3.05, 3.63) is 45.8 Å².